The predicted octanol–water partition coefficient (Wildman–Crippen LogP) is 1.26. The molecule has 0 aromatic heterocycles. The van der Waals surface area contributed by atoms with Gasteiger partial charge in [0.15, 0.2) is 0 Å². The SMILES string of the molecule is CC(O)CNc1cccc(C#N)c1[N+](=O)[O-]. The molecule has 0 spiro atoms. The summed E-state index contributed by atoms with van der Waals surface area (Å²) in [5.41, 5.74) is -0.0174. The third-order valence-electron chi connectivity index (χ3n) is 1.93. The zero-order valence-corrected chi connectivity index (χ0v) is 8.67. The Balaban J connectivity index is 3.08. The molecule has 0 aliphatic rings. The molecule has 16 heavy (non-hydrogen) atoms. The van der Waals surface area contributed by atoms with Gasteiger partial charge in [-0.25, -0.2) is 0 Å². The summed E-state index contributed by atoms with van der Waals surface area (Å²) < 4.78 is 0. The Labute approximate surface area is 92.3 Å². The van der Waals surface area contributed by atoms with Crippen molar-refractivity contribution in [1.82, 2.24) is 0 Å². The molecule has 1 aromatic rings. The Hall–Kier alpha value is -2.13. The molecule has 1 rings (SSSR count). The van der Waals surface area contributed by atoms with Gasteiger partial charge in [-0.15, -0.1) is 0 Å². The quantitative estimate of drug-likeness (QED) is 0.589. The van der Waals surface area contributed by atoms with Crippen molar-refractivity contribution >= 4 is 11.4 Å². The molecule has 0 heterocycles. The lowest BCUT2D eigenvalue weighted by atomic mass is 10.1. The van der Waals surface area contributed by atoms with Crippen LogP contribution in [0.25, 0.3) is 0 Å². The largest absolute Gasteiger partial charge is 0.392 e. The van der Waals surface area contributed by atoms with Crippen LogP contribution < -0.4 is 5.32 Å². The highest BCUT2D eigenvalue weighted by Crippen LogP contribution is 2.27. The van der Waals surface area contributed by atoms with Gasteiger partial charge < -0.3 is 10.4 Å². The molecule has 6 nitrogen and oxygen atoms in total. The fourth-order valence-corrected chi connectivity index (χ4v) is 1.23. The third kappa shape index (κ3) is 2.68. The number of rotatable bonds is 4. The zero-order valence-electron chi connectivity index (χ0n) is 8.67. The Bertz CT molecular complexity index is 437. The minimum absolute atomic E-state index is 0.000549. The van der Waals surface area contributed by atoms with Crippen molar-refractivity contribution in [3.63, 3.8) is 0 Å². The van der Waals surface area contributed by atoms with Gasteiger partial charge >= 0.3 is 5.69 Å². The Morgan fingerprint density at radius 3 is 2.88 bits per heavy atom. The van der Waals surface area contributed by atoms with Crippen LogP contribution in [0.4, 0.5) is 11.4 Å². The van der Waals surface area contributed by atoms with E-state index in [1.54, 1.807) is 19.1 Å². The van der Waals surface area contributed by atoms with E-state index in [4.69, 9.17) is 10.4 Å². The standard InChI is InChI=1S/C10H11N3O3/c1-7(14)6-12-9-4-2-3-8(5-11)10(9)13(15)16/h2-4,7,12,14H,6H2,1H3. The van der Waals surface area contributed by atoms with Crippen LogP contribution in [-0.4, -0.2) is 22.7 Å². The molecule has 0 amide bonds. The summed E-state index contributed by atoms with van der Waals surface area (Å²) in [5, 5.41) is 31.3. The molecule has 0 radical (unpaired) electrons. The monoisotopic (exact) mass is 221 g/mol. The maximum Gasteiger partial charge on any atom is 0.309 e. The summed E-state index contributed by atoms with van der Waals surface area (Å²) in [6, 6.07) is 6.19. The highest BCUT2D eigenvalue weighted by atomic mass is 16.6. The lowest BCUT2D eigenvalue weighted by Crippen LogP contribution is -2.16. The average Bonchev–Trinajstić information content (AvgIpc) is 2.25. The maximum atomic E-state index is 10.8. The number of aliphatic hydroxyl groups excluding tert-OH is 1. The number of nitrogens with one attached hydrogen (secondary N) is 1. The van der Waals surface area contributed by atoms with Gasteiger partial charge in [0, 0.05) is 6.54 Å². The topological polar surface area (TPSA) is 99.2 Å². The van der Waals surface area contributed by atoms with E-state index in [0.717, 1.165) is 0 Å². The molecule has 2 N–H and O–H groups in total. The molecule has 0 saturated heterocycles. The summed E-state index contributed by atoms with van der Waals surface area (Å²) in [5.74, 6) is 0. The fraction of sp³-hybridized carbons (Fsp3) is 0.300. The first kappa shape index (κ1) is 11.9. The second kappa shape index (κ2) is 5.09. The number of anilines is 1. The van der Waals surface area contributed by atoms with Gasteiger partial charge in [-0.05, 0) is 19.1 Å². The number of hydrogen-bond acceptors (Lipinski definition) is 5. The number of benzene rings is 1. The molecule has 1 unspecified atom stereocenters. The van der Waals surface area contributed by atoms with Crippen LogP contribution in [0.1, 0.15) is 12.5 Å². The smallest absolute Gasteiger partial charge is 0.309 e. The van der Waals surface area contributed by atoms with E-state index in [9.17, 15) is 10.1 Å². The number of aliphatic hydroxyl groups is 1. The molecule has 6 heteroatoms. The second-order valence-corrected chi connectivity index (χ2v) is 3.30. The second-order valence-electron chi connectivity index (χ2n) is 3.30. The van der Waals surface area contributed by atoms with Crippen molar-refractivity contribution in [2.45, 2.75) is 13.0 Å². The highest BCUT2D eigenvalue weighted by Gasteiger charge is 2.19. The molecule has 0 fully saturated rings. The van der Waals surface area contributed by atoms with Gasteiger partial charge in [0.1, 0.15) is 17.3 Å². The van der Waals surface area contributed by atoms with Gasteiger partial charge in [-0.1, -0.05) is 6.07 Å². The molecule has 84 valence electrons. The lowest BCUT2D eigenvalue weighted by Gasteiger charge is -2.09. The van der Waals surface area contributed by atoms with Crippen LogP contribution in [0.15, 0.2) is 18.2 Å². The van der Waals surface area contributed by atoms with Crippen molar-refractivity contribution in [3.8, 4) is 6.07 Å². The number of nitro benzene ring substituents is 1. The maximum absolute atomic E-state index is 10.8. The number of nitrogens with zero attached hydrogens (tertiary/aromatic N) is 2. The Kier molecular flexibility index (Phi) is 3.80. The van der Waals surface area contributed by atoms with Crippen LogP contribution >= 0.6 is 0 Å². The van der Waals surface area contributed by atoms with Crippen LogP contribution in [-0.2, 0) is 0 Å². The first-order valence-corrected chi connectivity index (χ1v) is 4.65. The lowest BCUT2D eigenvalue weighted by molar-refractivity contribution is -0.384. The molecule has 0 aliphatic heterocycles. The van der Waals surface area contributed by atoms with Crippen molar-refractivity contribution in [2.75, 3.05) is 11.9 Å². The Morgan fingerprint density at radius 1 is 1.69 bits per heavy atom. The predicted molar refractivity (Wildman–Crippen MR) is 58.0 cm³/mol. The first-order valence-electron chi connectivity index (χ1n) is 4.65. The summed E-state index contributed by atoms with van der Waals surface area (Å²) in [7, 11) is 0. The average molecular weight is 221 g/mol. The summed E-state index contributed by atoms with van der Waals surface area (Å²) in [4.78, 5) is 10.2. The molecule has 1 aromatic carbocycles. The van der Waals surface area contributed by atoms with E-state index in [1.807, 2.05) is 0 Å². The van der Waals surface area contributed by atoms with Gasteiger partial charge in [-0.2, -0.15) is 5.26 Å². The van der Waals surface area contributed by atoms with E-state index >= 15 is 0 Å². The van der Waals surface area contributed by atoms with Crippen molar-refractivity contribution < 1.29 is 10.0 Å². The van der Waals surface area contributed by atoms with E-state index < -0.39 is 11.0 Å². The number of nitriles is 1. The minimum atomic E-state index is -0.620. The highest BCUT2D eigenvalue weighted by molar-refractivity contribution is 5.68. The zero-order chi connectivity index (χ0) is 12.1. The van der Waals surface area contributed by atoms with Gasteiger partial charge in [0.05, 0.1) is 11.0 Å². The molecule has 0 saturated carbocycles. The number of hydrogen-bond donors (Lipinski definition) is 2. The van der Waals surface area contributed by atoms with Crippen LogP contribution in [0.2, 0.25) is 0 Å². The van der Waals surface area contributed by atoms with Crippen molar-refractivity contribution in [2.24, 2.45) is 0 Å². The molecule has 0 aliphatic carbocycles. The number of para-hydroxylation sites is 1. The normalized spacial score (nSPS) is 11.6. The van der Waals surface area contributed by atoms with Crippen LogP contribution in [0.3, 0.4) is 0 Å². The van der Waals surface area contributed by atoms with E-state index in [-0.39, 0.29) is 23.5 Å². The molecule has 0 bridgehead atoms. The van der Waals surface area contributed by atoms with E-state index in [2.05, 4.69) is 5.32 Å². The van der Waals surface area contributed by atoms with Crippen molar-refractivity contribution in [1.29, 1.82) is 5.26 Å². The van der Waals surface area contributed by atoms with Gasteiger partial charge in [-0.3, -0.25) is 10.1 Å². The van der Waals surface area contributed by atoms with Gasteiger partial charge in [0.25, 0.3) is 0 Å². The van der Waals surface area contributed by atoms with Crippen LogP contribution in [0, 0.1) is 21.4 Å². The van der Waals surface area contributed by atoms with E-state index in [1.165, 1.54) is 12.1 Å². The summed E-state index contributed by atoms with van der Waals surface area (Å²) in [6.07, 6.45) is -0.620. The number of nitro groups is 1. The fourth-order valence-electron chi connectivity index (χ4n) is 1.23. The first-order chi connectivity index (χ1) is 7.56. The summed E-state index contributed by atoms with van der Waals surface area (Å²) in [6.45, 7) is 1.75. The van der Waals surface area contributed by atoms with Crippen LogP contribution in [0.5, 0.6) is 0 Å². The van der Waals surface area contributed by atoms with Crippen molar-refractivity contribution in [3.05, 3.63) is 33.9 Å². The molecule has 1 atom stereocenters. The molecular weight excluding hydrogens is 210 g/mol. The summed E-state index contributed by atoms with van der Waals surface area (Å²) >= 11 is 0. The minimum Gasteiger partial charge on any atom is -0.392 e. The van der Waals surface area contributed by atoms with E-state index in [0.29, 0.717) is 0 Å². The Morgan fingerprint density at radius 2 is 2.38 bits per heavy atom. The van der Waals surface area contributed by atoms with Gasteiger partial charge in [0.2, 0.25) is 0 Å². The third-order valence-corrected chi connectivity index (χ3v) is 1.93. The molecular formula is C10H11N3O3.